The lowest BCUT2D eigenvalue weighted by Gasteiger charge is -2.33. The number of fused-ring (bicyclic) bond motifs is 1. The van der Waals surface area contributed by atoms with Gasteiger partial charge in [-0.3, -0.25) is 0 Å². The third-order valence-corrected chi connectivity index (χ3v) is 5.73. The zero-order valence-electron chi connectivity index (χ0n) is 11.2. The normalized spacial score (nSPS) is 22.5. The SMILES string of the molecule is CC(C)c1csc(C2(N)CCSc3ccccc32)n1. The van der Waals surface area contributed by atoms with Gasteiger partial charge in [-0.1, -0.05) is 32.0 Å². The molecule has 0 aliphatic carbocycles. The first-order chi connectivity index (χ1) is 9.11. The van der Waals surface area contributed by atoms with Gasteiger partial charge in [0.25, 0.3) is 0 Å². The Morgan fingerprint density at radius 1 is 1.32 bits per heavy atom. The second kappa shape index (κ2) is 4.93. The van der Waals surface area contributed by atoms with Crippen LogP contribution < -0.4 is 5.73 Å². The third-order valence-electron chi connectivity index (χ3n) is 3.62. The van der Waals surface area contributed by atoms with Crippen molar-refractivity contribution in [2.75, 3.05) is 5.75 Å². The number of benzene rings is 1. The van der Waals surface area contributed by atoms with E-state index >= 15 is 0 Å². The van der Waals surface area contributed by atoms with Gasteiger partial charge in [0.15, 0.2) is 0 Å². The van der Waals surface area contributed by atoms with E-state index in [1.165, 1.54) is 10.5 Å². The first kappa shape index (κ1) is 13.2. The summed E-state index contributed by atoms with van der Waals surface area (Å²) in [6.45, 7) is 4.35. The average molecular weight is 290 g/mol. The lowest BCUT2D eigenvalue weighted by Crippen LogP contribution is -2.40. The van der Waals surface area contributed by atoms with Crippen molar-refractivity contribution >= 4 is 23.1 Å². The maximum atomic E-state index is 6.74. The van der Waals surface area contributed by atoms with E-state index in [-0.39, 0.29) is 0 Å². The van der Waals surface area contributed by atoms with E-state index < -0.39 is 5.54 Å². The highest BCUT2D eigenvalue weighted by Gasteiger charge is 2.37. The van der Waals surface area contributed by atoms with Crippen molar-refractivity contribution in [3.63, 3.8) is 0 Å². The lowest BCUT2D eigenvalue weighted by atomic mass is 9.88. The van der Waals surface area contributed by atoms with Crippen LogP contribution >= 0.6 is 23.1 Å². The van der Waals surface area contributed by atoms with Crippen LogP contribution in [0.1, 0.15) is 42.5 Å². The molecule has 0 saturated heterocycles. The first-order valence-corrected chi connectivity index (χ1v) is 8.45. The molecular weight excluding hydrogens is 272 g/mol. The number of rotatable bonds is 2. The quantitative estimate of drug-likeness (QED) is 0.909. The lowest BCUT2D eigenvalue weighted by molar-refractivity contribution is 0.501. The largest absolute Gasteiger partial charge is 0.316 e. The van der Waals surface area contributed by atoms with Gasteiger partial charge < -0.3 is 5.73 Å². The second-order valence-corrected chi connectivity index (χ2v) is 7.29. The zero-order valence-corrected chi connectivity index (χ0v) is 12.9. The molecule has 100 valence electrons. The van der Waals surface area contributed by atoms with Gasteiger partial charge in [0, 0.05) is 16.0 Å². The predicted octanol–water partition coefficient (Wildman–Crippen LogP) is 3.96. The molecule has 19 heavy (non-hydrogen) atoms. The molecule has 3 rings (SSSR count). The van der Waals surface area contributed by atoms with Crippen LogP contribution in [0.25, 0.3) is 0 Å². The number of aromatic nitrogens is 1. The van der Waals surface area contributed by atoms with Crippen LogP contribution in [0.5, 0.6) is 0 Å². The van der Waals surface area contributed by atoms with Gasteiger partial charge in [-0.2, -0.15) is 0 Å². The molecule has 0 radical (unpaired) electrons. The molecule has 0 amide bonds. The topological polar surface area (TPSA) is 38.9 Å². The van der Waals surface area contributed by atoms with Crippen molar-refractivity contribution in [1.29, 1.82) is 0 Å². The number of nitrogens with zero attached hydrogens (tertiary/aromatic N) is 1. The molecule has 2 aromatic rings. The molecule has 2 heterocycles. The molecule has 0 spiro atoms. The maximum absolute atomic E-state index is 6.74. The summed E-state index contributed by atoms with van der Waals surface area (Å²) < 4.78 is 0. The zero-order chi connectivity index (χ0) is 13.5. The smallest absolute Gasteiger partial charge is 0.117 e. The fourth-order valence-corrected chi connectivity index (χ4v) is 4.76. The minimum Gasteiger partial charge on any atom is -0.316 e. The molecule has 1 aromatic carbocycles. The molecule has 0 saturated carbocycles. The maximum Gasteiger partial charge on any atom is 0.117 e. The van der Waals surface area contributed by atoms with Crippen molar-refractivity contribution in [1.82, 2.24) is 4.98 Å². The molecule has 1 aromatic heterocycles. The number of nitrogens with two attached hydrogens (primary N) is 1. The van der Waals surface area contributed by atoms with Crippen molar-refractivity contribution in [2.45, 2.75) is 36.6 Å². The fourth-order valence-electron chi connectivity index (χ4n) is 2.40. The summed E-state index contributed by atoms with van der Waals surface area (Å²) in [6.07, 6.45) is 0.958. The Kier molecular flexibility index (Phi) is 3.41. The number of thioether (sulfide) groups is 1. The summed E-state index contributed by atoms with van der Waals surface area (Å²) >= 11 is 3.60. The molecule has 0 bridgehead atoms. The van der Waals surface area contributed by atoms with Crippen LogP contribution in [0.2, 0.25) is 0 Å². The predicted molar refractivity (Wildman–Crippen MR) is 83.0 cm³/mol. The van der Waals surface area contributed by atoms with Gasteiger partial charge >= 0.3 is 0 Å². The number of hydrogen-bond donors (Lipinski definition) is 1. The summed E-state index contributed by atoms with van der Waals surface area (Å²) in [7, 11) is 0. The molecule has 2 nitrogen and oxygen atoms in total. The Morgan fingerprint density at radius 2 is 2.11 bits per heavy atom. The van der Waals surface area contributed by atoms with E-state index in [1.54, 1.807) is 11.3 Å². The van der Waals surface area contributed by atoms with Gasteiger partial charge in [0.05, 0.1) is 11.2 Å². The van der Waals surface area contributed by atoms with Gasteiger partial charge in [0.1, 0.15) is 5.01 Å². The fraction of sp³-hybridized carbons (Fsp3) is 0.400. The monoisotopic (exact) mass is 290 g/mol. The number of hydrogen-bond acceptors (Lipinski definition) is 4. The Hall–Kier alpha value is -0.840. The summed E-state index contributed by atoms with van der Waals surface area (Å²) in [4.78, 5) is 6.09. The highest BCUT2D eigenvalue weighted by atomic mass is 32.2. The van der Waals surface area contributed by atoms with E-state index in [0.29, 0.717) is 5.92 Å². The van der Waals surface area contributed by atoms with Crippen LogP contribution in [0.3, 0.4) is 0 Å². The average Bonchev–Trinajstić information content (AvgIpc) is 2.90. The highest BCUT2D eigenvalue weighted by Crippen LogP contribution is 2.43. The highest BCUT2D eigenvalue weighted by molar-refractivity contribution is 7.99. The molecule has 2 N–H and O–H groups in total. The van der Waals surface area contributed by atoms with Crippen LogP contribution in [-0.2, 0) is 5.54 Å². The second-order valence-electron chi connectivity index (χ2n) is 5.30. The molecule has 0 fully saturated rings. The summed E-state index contributed by atoms with van der Waals surface area (Å²) in [6, 6.07) is 8.47. The number of thiazole rings is 1. The Bertz CT molecular complexity index is 591. The standard InChI is InChI=1S/C15H18N2S2/c1-10(2)12-9-19-14(17-12)15(16)7-8-18-13-6-4-3-5-11(13)15/h3-6,9-10H,7-8,16H2,1-2H3. The Balaban J connectivity index is 2.08. The van der Waals surface area contributed by atoms with Crippen LogP contribution in [0.4, 0.5) is 0 Å². The van der Waals surface area contributed by atoms with E-state index in [9.17, 15) is 0 Å². The van der Waals surface area contributed by atoms with Crippen LogP contribution in [0.15, 0.2) is 34.5 Å². The van der Waals surface area contributed by atoms with Gasteiger partial charge in [0.2, 0.25) is 0 Å². The van der Waals surface area contributed by atoms with E-state index in [0.717, 1.165) is 22.9 Å². The molecule has 1 atom stereocenters. The molecule has 4 heteroatoms. The third kappa shape index (κ3) is 2.22. The van der Waals surface area contributed by atoms with E-state index in [1.807, 2.05) is 11.8 Å². The van der Waals surface area contributed by atoms with Gasteiger partial charge in [-0.25, -0.2) is 4.98 Å². The van der Waals surface area contributed by atoms with E-state index in [4.69, 9.17) is 10.7 Å². The molecule has 1 aliphatic rings. The van der Waals surface area contributed by atoms with Gasteiger partial charge in [-0.05, 0) is 24.0 Å². The first-order valence-electron chi connectivity index (χ1n) is 6.58. The molecule has 1 unspecified atom stereocenters. The van der Waals surface area contributed by atoms with Crippen LogP contribution in [-0.4, -0.2) is 10.7 Å². The van der Waals surface area contributed by atoms with E-state index in [2.05, 4.69) is 43.5 Å². The van der Waals surface area contributed by atoms with Gasteiger partial charge in [-0.15, -0.1) is 23.1 Å². The van der Waals surface area contributed by atoms with Crippen molar-refractivity contribution in [3.8, 4) is 0 Å². The Morgan fingerprint density at radius 3 is 2.84 bits per heavy atom. The summed E-state index contributed by atoms with van der Waals surface area (Å²) in [5, 5.41) is 3.21. The van der Waals surface area contributed by atoms with Crippen molar-refractivity contribution < 1.29 is 0 Å². The minimum atomic E-state index is -0.403. The minimum absolute atomic E-state index is 0.403. The summed E-state index contributed by atoms with van der Waals surface area (Å²) in [5.41, 5.74) is 8.72. The Labute approximate surface area is 122 Å². The van der Waals surface area contributed by atoms with Crippen molar-refractivity contribution in [3.05, 3.63) is 45.9 Å². The molecule has 1 aliphatic heterocycles. The summed E-state index contributed by atoms with van der Waals surface area (Å²) in [5.74, 6) is 1.52. The van der Waals surface area contributed by atoms with Crippen LogP contribution in [0, 0.1) is 0 Å². The van der Waals surface area contributed by atoms with Crippen molar-refractivity contribution in [2.24, 2.45) is 5.73 Å². The molecular formula is C15H18N2S2.